The Morgan fingerprint density at radius 2 is 2.00 bits per heavy atom. The third-order valence-electron chi connectivity index (χ3n) is 4.76. The van der Waals surface area contributed by atoms with Gasteiger partial charge in [-0.15, -0.1) is 0 Å². The van der Waals surface area contributed by atoms with E-state index in [0.717, 1.165) is 46.4 Å². The normalized spacial score (nSPS) is 17.1. The lowest BCUT2D eigenvalue weighted by Crippen LogP contribution is -2.08. The van der Waals surface area contributed by atoms with Gasteiger partial charge in [-0.25, -0.2) is 0 Å². The summed E-state index contributed by atoms with van der Waals surface area (Å²) in [4.78, 5) is 10.0. The highest BCUT2D eigenvalue weighted by Gasteiger charge is 2.23. The number of benzene rings is 2. The molecular formula is C21H21BrN4O2. The van der Waals surface area contributed by atoms with Gasteiger partial charge in [-0.05, 0) is 43.1 Å². The zero-order chi connectivity index (χ0) is 19.3. The Kier molecular flexibility index (Phi) is 5.83. The van der Waals surface area contributed by atoms with Crippen molar-refractivity contribution in [3.8, 4) is 11.4 Å². The standard InChI is InChI=1S/C21H21BrN4O2/c1-14(25-27-13-15-2-8-19(22)9-3-15)16-4-6-17(7-5-16)20-24-21(28-26-20)18-10-11-23-12-18/h2-9,18,23H,10-13H2,1H3/b25-14+/t18-/m1/s1. The van der Waals surface area contributed by atoms with E-state index < -0.39 is 0 Å². The number of halogens is 1. The fraction of sp³-hybridized carbons (Fsp3) is 0.286. The van der Waals surface area contributed by atoms with Gasteiger partial charge in [0.05, 0.1) is 11.6 Å². The summed E-state index contributed by atoms with van der Waals surface area (Å²) in [5.74, 6) is 1.65. The maximum absolute atomic E-state index is 5.48. The molecule has 1 N–H and O–H groups in total. The minimum absolute atomic E-state index is 0.317. The first-order chi connectivity index (χ1) is 13.7. The number of nitrogens with one attached hydrogen (secondary N) is 1. The molecular weight excluding hydrogens is 420 g/mol. The average molecular weight is 441 g/mol. The lowest BCUT2D eigenvalue weighted by molar-refractivity contribution is 0.130. The van der Waals surface area contributed by atoms with Gasteiger partial charge in [0.1, 0.15) is 6.61 Å². The Morgan fingerprint density at radius 1 is 1.21 bits per heavy atom. The Balaban J connectivity index is 1.38. The first-order valence-electron chi connectivity index (χ1n) is 9.25. The van der Waals surface area contributed by atoms with Crippen LogP contribution in [0.15, 0.2) is 62.7 Å². The van der Waals surface area contributed by atoms with Crippen LogP contribution in [0.4, 0.5) is 0 Å². The largest absolute Gasteiger partial charge is 0.391 e. The molecule has 2 aromatic carbocycles. The summed E-state index contributed by atoms with van der Waals surface area (Å²) >= 11 is 3.42. The van der Waals surface area contributed by atoms with Crippen LogP contribution in [0, 0.1) is 0 Å². The molecule has 2 heterocycles. The maximum atomic E-state index is 5.48. The van der Waals surface area contributed by atoms with Crippen molar-refractivity contribution in [2.75, 3.05) is 13.1 Å². The molecule has 1 atom stereocenters. The molecule has 1 saturated heterocycles. The quantitative estimate of drug-likeness (QED) is 0.450. The van der Waals surface area contributed by atoms with E-state index in [1.807, 2.05) is 55.5 Å². The highest BCUT2D eigenvalue weighted by Crippen LogP contribution is 2.24. The second kappa shape index (κ2) is 8.67. The van der Waals surface area contributed by atoms with E-state index in [0.29, 0.717) is 24.2 Å². The number of rotatable bonds is 6. The first-order valence-corrected chi connectivity index (χ1v) is 10.0. The minimum atomic E-state index is 0.317. The van der Waals surface area contributed by atoms with E-state index in [9.17, 15) is 0 Å². The van der Waals surface area contributed by atoms with Crippen molar-refractivity contribution in [1.29, 1.82) is 0 Å². The van der Waals surface area contributed by atoms with E-state index in [1.54, 1.807) is 0 Å². The highest BCUT2D eigenvalue weighted by atomic mass is 79.9. The summed E-state index contributed by atoms with van der Waals surface area (Å²) in [6.07, 6.45) is 1.04. The molecule has 0 saturated carbocycles. The van der Waals surface area contributed by atoms with Crippen LogP contribution < -0.4 is 5.32 Å². The van der Waals surface area contributed by atoms with Crippen LogP contribution in [-0.4, -0.2) is 28.9 Å². The number of oxime groups is 1. The second-order valence-corrected chi connectivity index (χ2v) is 7.72. The van der Waals surface area contributed by atoms with Gasteiger partial charge in [0, 0.05) is 16.6 Å². The Hall–Kier alpha value is -2.51. The predicted molar refractivity (Wildman–Crippen MR) is 111 cm³/mol. The molecule has 0 amide bonds. The van der Waals surface area contributed by atoms with E-state index in [2.05, 4.69) is 36.5 Å². The summed E-state index contributed by atoms with van der Waals surface area (Å²) in [7, 11) is 0. The maximum Gasteiger partial charge on any atom is 0.231 e. The van der Waals surface area contributed by atoms with Crippen molar-refractivity contribution >= 4 is 21.6 Å². The summed E-state index contributed by atoms with van der Waals surface area (Å²) < 4.78 is 6.48. The summed E-state index contributed by atoms with van der Waals surface area (Å²) in [6, 6.07) is 15.9. The predicted octanol–water partition coefficient (Wildman–Crippen LogP) is 4.52. The number of aromatic nitrogens is 2. The third kappa shape index (κ3) is 4.48. The van der Waals surface area contributed by atoms with Crippen molar-refractivity contribution in [1.82, 2.24) is 15.5 Å². The molecule has 1 aromatic heterocycles. The van der Waals surface area contributed by atoms with Gasteiger partial charge in [0.25, 0.3) is 0 Å². The monoisotopic (exact) mass is 440 g/mol. The number of nitrogens with zero attached hydrogens (tertiary/aromatic N) is 3. The molecule has 0 bridgehead atoms. The summed E-state index contributed by atoms with van der Waals surface area (Å²) in [5, 5.41) is 11.7. The fourth-order valence-electron chi connectivity index (χ4n) is 3.08. The Morgan fingerprint density at radius 3 is 2.71 bits per heavy atom. The Labute approximate surface area is 172 Å². The molecule has 1 fully saturated rings. The fourth-order valence-corrected chi connectivity index (χ4v) is 3.35. The SMILES string of the molecule is C/C(=N\OCc1ccc(Br)cc1)c1ccc(-c2noc([C@@H]3CCNC3)n2)cc1. The zero-order valence-electron chi connectivity index (χ0n) is 15.6. The van der Waals surface area contributed by atoms with Crippen molar-refractivity contribution < 1.29 is 9.36 Å². The van der Waals surface area contributed by atoms with Crippen molar-refractivity contribution in [2.45, 2.75) is 25.9 Å². The molecule has 1 aliphatic rings. The average Bonchev–Trinajstić information content (AvgIpc) is 3.41. The smallest absolute Gasteiger partial charge is 0.231 e. The third-order valence-corrected chi connectivity index (χ3v) is 5.29. The molecule has 0 aliphatic carbocycles. The zero-order valence-corrected chi connectivity index (χ0v) is 17.1. The molecule has 0 spiro atoms. The molecule has 0 unspecified atom stereocenters. The van der Waals surface area contributed by atoms with Gasteiger partial charge in [0.15, 0.2) is 0 Å². The van der Waals surface area contributed by atoms with Crippen molar-refractivity contribution in [2.24, 2.45) is 5.16 Å². The molecule has 4 rings (SSSR count). The van der Waals surface area contributed by atoms with Gasteiger partial charge in [-0.1, -0.05) is 62.6 Å². The van der Waals surface area contributed by atoms with E-state index in [4.69, 9.17) is 9.36 Å². The van der Waals surface area contributed by atoms with Crippen LogP contribution >= 0.6 is 15.9 Å². The highest BCUT2D eigenvalue weighted by molar-refractivity contribution is 9.10. The van der Waals surface area contributed by atoms with Crippen LogP contribution in [0.3, 0.4) is 0 Å². The molecule has 144 valence electrons. The molecule has 6 nitrogen and oxygen atoms in total. The molecule has 0 radical (unpaired) electrons. The van der Waals surface area contributed by atoms with Crippen LogP contribution in [0.5, 0.6) is 0 Å². The van der Waals surface area contributed by atoms with Gasteiger partial charge >= 0.3 is 0 Å². The van der Waals surface area contributed by atoms with Crippen LogP contribution in [0.2, 0.25) is 0 Å². The topological polar surface area (TPSA) is 72.5 Å². The van der Waals surface area contributed by atoms with E-state index in [-0.39, 0.29) is 0 Å². The van der Waals surface area contributed by atoms with Gasteiger partial charge < -0.3 is 14.7 Å². The summed E-state index contributed by atoms with van der Waals surface area (Å²) in [5.41, 5.74) is 3.80. The van der Waals surface area contributed by atoms with Crippen LogP contribution in [0.25, 0.3) is 11.4 Å². The molecule has 1 aliphatic heterocycles. The van der Waals surface area contributed by atoms with Crippen molar-refractivity contribution in [3.05, 3.63) is 70.0 Å². The first kappa shape index (κ1) is 18.8. The molecule has 28 heavy (non-hydrogen) atoms. The Bertz CT molecular complexity index is 945. The van der Waals surface area contributed by atoms with Crippen LogP contribution in [0.1, 0.15) is 36.3 Å². The second-order valence-electron chi connectivity index (χ2n) is 6.80. The summed E-state index contributed by atoms with van der Waals surface area (Å²) in [6.45, 7) is 4.26. The van der Waals surface area contributed by atoms with Gasteiger partial charge in [-0.3, -0.25) is 0 Å². The number of hydrogen-bond donors (Lipinski definition) is 1. The van der Waals surface area contributed by atoms with E-state index >= 15 is 0 Å². The van der Waals surface area contributed by atoms with Gasteiger partial charge in [0.2, 0.25) is 11.7 Å². The minimum Gasteiger partial charge on any atom is -0.391 e. The van der Waals surface area contributed by atoms with Gasteiger partial charge in [-0.2, -0.15) is 4.98 Å². The van der Waals surface area contributed by atoms with Crippen molar-refractivity contribution in [3.63, 3.8) is 0 Å². The lowest BCUT2D eigenvalue weighted by Gasteiger charge is -2.04. The molecule has 7 heteroatoms. The number of hydrogen-bond acceptors (Lipinski definition) is 6. The molecule has 3 aromatic rings. The lowest BCUT2D eigenvalue weighted by atomic mass is 10.1. The van der Waals surface area contributed by atoms with Crippen LogP contribution in [-0.2, 0) is 11.4 Å². The van der Waals surface area contributed by atoms with E-state index in [1.165, 1.54) is 0 Å².